The normalized spacial score (nSPS) is 13.3. The molecule has 1 N–H and O–H groups in total. The predicted molar refractivity (Wildman–Crippen MR) is 101 cm³/mol. The van der Waals surface area contributed by atoms with Crippen molar-refractivity contribution in [3.8, 4) is 0 Å². The van der Waals surface area contributed by atoms with Gasteiger partial charge in [-0.3, -0.25) is 14.4 Å². The van der Waals surface area contributed by atoms with Crippen molar-refractivity contribution in [2.24, 2.45) is 5.41 Å². The van der Waals surface area contributed by atoms with Crippen LogP contribution in [0.3, 0.4) is 0 Å². The summed E-state index contributed by atoms with van der Waals surface area (Å²) in [7, 11) is 0. The summed E-state index contributed by atoms with van der Waals surface area (Å²) >= 11 is 0. The Labute approximate surface area is 153 Å². The fraction of sp³-hybridized carbons (Fsp3) is 0.286. The van der Waals surface area contributed by atoms with Crippen molar-refractivity contribution in [2.45, 2.75) is 27.2 Å². The molecule has 5 nitrogen and oxygen atoms in total. The van der Waals surface area contributed by atoms with E-state index in [1.165, 1.54) is 6.92 Å². The molecule has 2 aromatic rings. The largest absolute Gasteiger partial charge is 0.325 e. The van der Waals surface area contributed by atoms with Crippen LogP contribution in [0, 0.1) is 5.41 Å². The van der Waals surface area contributed by atoms with Gasteiger partial charge in [-0.15, -0.1) is 0 Å². The van der Waals surface area contributed by atoms with Gasteiger partial charge in [0.1, 0.15) is 5.41 Å². The van der Waals surface area contributed by atoms with Gasteiger partial charge in [-0.2, -0.15) is 0 Å². The second-order valence-electron chi connectivity index (χ2n) is 7.05. The SMILES string of the molecule is CC(=O)c1cccc(NC(=O)C(C)(C)C(=O)N2CCc3ccccc32)c1. The number of anilines is 2. The van der Waals surface area contributed by atoms with Crippen molar-refractivity contribution in [1.82, 2.24) is 0 Å². The molecular formula is C21H22N2O3. The van der Waals surface area contributed by atoms with Gasteiger partial charge in [0.15, 0.2) is 5.78 Å². The third-order valence-corrected chi connectivity index (χ3v) is 4.76. The van der Waals surface area contributed by atoms with Crippen LogP contribution in [-0.2, 0) is 16.0 Å². The number of benzene rings is 2. The van der Waals surface area contributed by atoms with E-state index in [1.54, 1.807) is 43.0 Å². The Kier molecular flexibility index (Phi) is 4.64. The second kappa shape index (κ2) is 6.75. The number of carbonyl (C=O) groups is 3. The first-order valence-corrected chi connectivity index (χ1v) is 8.63. The lowest BCUT2D eigenvalue weighted by Gasteiger charge is -2.28. The maximum absolute atomic E-state index is 13.0. The number of Topliss-reactive ketones (excluding diaryl/α,β-unsaturated/α-hetero) is 1. The van der Waals surface area contributed by atoms with Gasteiger partial charge in [-0.05, 0) is 51.0 Å². The number of hydrogen-bond acceptors (Lipinski definition) is 3. The minimum atomic E-state index is -1.23. The van der Waals surface area contributed by atoms with Gasteiger partial charge in [0.05, 0.1) is 0 Å². The van der Waals surface area contributed by atoms with Crippen molar-refractivity contribution in [2.75, 3.05) is 16.8 Å². The molecule has 0 bridgehead atoms. The Balaban J connectivity index is 1.79. The second-order valence-corrected chi connectivity index (χ2v) is 7.05. The van der Waals surface area contributed by atoms with E-state index in [2.05, 4.69) is 5.32 Å². The summed E-state index contributed by atoms with van der Waals surface area (Å²) in [5.74, 6) is -0.708. The molecule has 134 valence electrons. The van der Waals surface area contributed by atoms with Gasteiger partial charge in [0, 0.05) is 23.5 Å². The quantitative estimate of drug-likeness (QED) is 0.678. The summed E-state index contributed by atoms with van der Waals surface area (Å²) in [6, 6.07) is 14.5. The maximum Gasteiger partial charge on any atom is 0.242 e. The molecule has 5 heteroatoms. The van der Waals surface area contributed by atoms with Crippen LogP contribution >= 0.6 is 0 Å². The highest BCUT2D eigenvalue weighted by Gasteiger charge is 2.41. The van der Waals surface area contributed by atoms with E-state index in [1.807, 2.05) is 24.3 Å². The molecule has 0 aliphatic carbocycles. The highest BCUT2D eigenvalue weighted by atomic mass is 16.2. The van der Waals surface area contributed by atoms with Crippen LogP contribution in [-0.4, -0.2) is 24.1 Å². The van der Waals surface area contributed by atoms with E-state index in [9.17, 15) is 14.4 Å². The van der Waals surface area contributed by atoms with E-state index in [-0.39, 0.29) is 11.7 Å². The minimum Gasteiger partial charge on any atom is -0.325 e. The first kappa shape index (κ1) is 17.9. The molecule has 0 radical (unpaired) electrons. The first-order valence-electron chi connectivity index (χ1n) is 8.63. The monoisotopic (exact) mass is 350 g/mol. The van der Waals surface area contributed by atoms with Gasteiger partial charge in [0.25, 0.3) is 0 Å². The Morgan fingerprint density at radius 2 is 1.77 bits per heavy atom. The molecule has 0 unspecified atom stereocenters. The Hall–Kier alpha value is -2.95. The highest BCUT2D eigenvalue weighted by Crippen LogP contribution is 2.32. The van der Waals surface area contributed by atoms with Crippen LogP contribution in [0.1, 0.15) is 36.7 Å². The maximum atomic E-state index is 13.0. The number of carbonyl (C=O) groups excluding carboxylic acids is 3. The van der Waals surface area contributed by atoms with E-state index >= 15 is 0 Å². The van der Waals surface area contributed by atoms with Crippen LogP contribution < -0.4 is 10.2 Å². The van der Waals surface area contributed by atoms with Crippen LogP contribution in [0.5, 0.6) is 0 Å². The van der Waals surface area contributed by atoms with Crippen molar-refractivity contribution in [3.05, 3.63) is 59.7 Å². The topological polar surface area (TPSA) is 66.5 Å². The summed E-state index contributed by atoms with van der Waals surface area (Å²) in [4.78, 5) is 39.0. The number of fused-ring (bicyclic) bond motifs is 1. The zero-order chi connectivity index (χ0) is 18.9. The molecule has 1 aliphatic rings. The number of hydrogen-bond donors (Lipinski definition) is 1. The molecule has 1 aliphatic heterocycles. The number of nitrogens with zero attached hydrogens (tertiary/aromatic N) is 1. The average Bonchev–Trinajstić information content (AvgIpc) is 3.05. The Morgan fingerprint density at radius 1 is 1.04 bits per heavy atom. The highest BCUT2D eigenvalue weighted by molar-refractivity contribution is 6.15. The molecule has 1 heterocycles. The van der Waals surface area contributed by atoms with E-state index in [4.69, 9.17) is 0 Å². The van der Waals surface area contributed by atoms with Crippen molar-refractivity contribution < 1.29 is 14.4 Å². The lowest BCUT2D eigenvalue weighted by atomic mass is 9.90. The zero-order valence-corrected chi connectivity index (χ0v) is 15.2. The van der Waals surface area contributed by atoms with Crippen molar-refractivity contribution >= 4 is 29.0 Å². The molecule has 2 amide bonds. The molecule has 0 spiro atoms. The zero-order valence-electron chi connectivity index (χ0n) is 15.2. The first-order chi connectivity index (χ1) is 12.3. The summed E-state index contributed by atoms with van der Waals surface area (Å²) < 4.78 is 0. The standard InChI is InChI=1S/C21H22N2O3/c1-14(24)16-8-6-9-17(13-16)22-19(25)21(2,3)20(26)23-12-11-15-7-4-5-10-18(15)23/h4-10,13H,11-12H2,1-3H3,(H,22,25). The lowest BCUT2D eigenvalue weighted by molar-refractivity contribution is -0.136. The molecule has 26 heavy (non-hydrogen) atoms. The summed E-state index contributed by atoms with van der Waals surface area (Å²) in [5, 5.41) is 2.77. The van der Waals surface area contributed by atoms with Crippen LogP contribution in [0.15, 0.2) is 48.5 Å². The van der Waals surface area contributed by atoms with Gasteiger partial charge in [-0.1, -0.05) is 30.3 Å². The third kappa shape index (κ3) is 3.25. The minimum absolute atomic E-state index is 0.0786. The molecule has 0 aromatic heterocycles. The van der Waals surface area contributed by atoms with Crippen LogP contribution in [0.2, 0.25) is 0 Å². The smallest absolute Gasteiger partial charge is 0.242 e. The summed E-state index contributed by atoms with van der Waals surface area (Å²) in [5.41, 5.74) is 1.78. The molecule has 0 saturated carbocycles. The van der Waals surface area contributed by atoms with E-state index < -0.39 is 11.3 Å². The number of para-hydroxylation sites is 1. The molecule has 3 rings (SSSR count). The lowest BCUT2D eigenvalue weighted by Crippen LogP contribution is -2.47. The third-order valence-electron chi connectivity index (χ3n) is 4.76. The Morgan fingerprint density at radius 3 is 2.50 bits per heavy atom. The van der Waals surface area contributed by atoms with Crippen molar-refractivity contribution in [3.63, 3.8) is 0 Å². The number of rotatable bonds is 4. The Bertz CT molecular complexity index is 886. The average molecular weight is 350 g/mol. The molecular weight excluding hydrogens is 328 g/mol. The molecule has 0 fully saturated rings. The van der Waals surface area contributed by atoms with Crippen molar-refractivity contribution in [1.29, 1.82) is 0 Å². The van der Waals surface area contributed by atoms with Gasteiger partial charge >= 0.3 is 0 Å². The number of nitrogens with one attached hydrogen (secondary N) is 1. The fourth-order valence-corrected chi connectivity index (χ4v) is 3.09. The van der Waals surface area contributed by atoms with Gasteiger partial charge < -0.3 is 10.2 Å². The van der Waals surface area contributed by atoms with Crippen LogP contribution in [0.4, 0.5) is 11.4 Å². The summed E-state index contributed by atoms with van der Waals surface area (Å²) in [6.07, 6.45) is 0.792. The molecule has 0 atom stereocenters. The van der Waals surface area contributed by atoms with E-state index in [0.717, 1.165) is 17.7 Å². The summed E-state index contributed by atoms with van der Waals surface area (Å²) in [6.45, 7) is 5.30. The van der Waals surface area contributed by atoms with E-state index in [0.29, 0.717) is 17.8 Å². The predicted octanol–water partition coefficient (Wildman–Crippen LogP) is 3.44. The molecule has 0 saturated heterocycles. The van der Waals surface area contributed by atoms with Gasteiger partial charge in [-0.25, -0.2) is 0 Å². The fourth-order valence-electron chi connectivity index (χ4n) is 3.09. The number of ketones is 1. The molecule has 2 aromatic carbocycles. The number of amides is 2. The van der Waals surface area contributed by atoms with Crippen LogP contribution in [0.25, 0.3) is 0 Å². The van der Waals surface area contributed by atoms with Gasteiger partial charge in [0.2, 0.25) is 11.8 Å².